The van der Waals surface area contributed by atoms with Gasteiger partial charge in [0.1, 0.15) is 12.1 Å². The van der Waals surface area contributed by atoms with Crippen LogP contribution in [0.5, 0.6) is 0 Å². The first-order valence-corrected chi connectivity index (χ1v) is 10.9. The molecule has 0 unspecified atom stereocenters. The van der Waals surface area contributed by atoms with Crippen LogP contribution < -0.4 is 10.9 Å². The Balaban J connectivity index is 1.62. The van der Waals surface area contributed by atoms with Crippen LogP contribution in [0.15, 0.2) is 63.9 Å². The number of hydrogen-bond acceptors (Lipinski definition) is 5. The third-order valence-electron chi connectivity index (χ3n) is 5.37. The second kappa shape index (κ2) is 9.42. The summed E-state index contributed by atoms with van der Waals surface area (Å²) in [5.74, 6) is 0.118. The van der Waals surface area contributed by atoms with E-state index in [1.807, 2.05) is 30.3 Å². The number of nitrogens with one attached hydrogen (secondary N) is 1. The van der Waals surface area contributed by atoms with Crippen molar-refractivity contribution in [3.63, 3.8) is 0 Å². The van der Waals surface area contributed by atoms with Crippen molar-refractivity contribution in [2.24, 2.45) is 0 Å². The molecule has 8 heteroatoms. The van der Waals surface area contributed by atoms with E-state index >= 15 is 0 Å². The Morgan fingerprint density at radius 1 is 1.12 bits per heavy atom. The summed E-state index contributed by atoms with van der Waals surface area (Å²) in [6.07, 6.45) is 0.920. The molecule has 0 aliphatic rings. The average molecular weight is 463 g/mol. The molecule has 0 bridgehead atoms. The van der Waals surface area contributed by atoms with Crippen molar-refractivity contribution in [3.05, 3.63) is 86.8 Å². The number of halogens is 1. The van der Waals surface area contributed by atoms with Crippen molar-refractivity contribution >= 4 is 23.2 Å². The Bertz CT molecular complexity index is 1370. The van der Waals surface area contributed by atoms with Crippen molar-refractivity contribution in [2.45, 2.75) is 33.7 Å². The number of hydrogen-bond donors (Lipinski definition) is 1. The number of benzene rings is 2. The average Bonchev–Trinajstić information content (AvgIpc) is 3.27. The SMILES string of the molecule is CCc1ccc(NC(=O)Cn2c(C)cc(C)c(-c3nc(-c4cccc(Cl)c4)no3)c2=O)cc1. The van der Waals surface area contributed by atoms with E-state index in [9.17, 15) is 9.59 Å². The van der Waals surface area contributed by atoms with Crippen molar-refractivity contribution in [2.75, 3.05) is 5.32 Å². The third kappa shape index (κ3) is 4.88. The van der Waals surface area contributed by atoms with Crippen LogP contribution in [-0.4, -0.2) is 20.6 Å². The first-order chi connectivity index (χ1) is 15.9. The zero-order chi connectivity index (χ0) is 23.5. The third-order valence-corrected chi connectivity index (χ3v) is 5.61. The minimum absolute atomic E-state index is 0.0942. The maximum atomic E-state index is 13.3. The molecule has 4 aromatic rings. The number of carbonyl (C=O) groups is 1. The van der Waals surface area contributed by atoms with Gasteiger partial charge in [-0.3, -0.25) is 9.59 Å². The topological polar surface area (TPSA) is 90.0 Å². The normalized spacial score (nSPS) is 10.9. The minimum Gasteiger partial charge on any atom is -0.333 e. The van der Waals surface area contributed by atoms with Gasteiger partial charge in [0.2, 0.25) is 11.7 Å². The van der Waals surface area contributed by atoms with E-state index in [1.165, 1.54) is 10.1 Å². The molecule has 2 heterocycles. The molecule has 0 fully saturated rings. The summed E-state index contributed by atoms with van der Waals surface area (Å²) in [6, 6.07) is 16.5. The van der Waals surface area contributed by atoms with Gasteiger partial charge in [-0.2, -0.15) is 4.98 Å². The molecule has 2 aromatic heterocycles. The number of aromatic nitrogens is 3. The molecule has 2 aromatic carbocycles. The van der Waals surface area contributed by atoms with E-state index in [2.05, 4.69) is 22.4 Å². The summed E-state index contributed by atoms with van der Waals surface area (Å²) >= 11 is 6.05. The standard InChI is InChI=1S/C25H23ClN4O3/c1-4-17-8-10-20(11-9-17)27-21(31)14-30-16(3)12-15(2)22(25(30)32)24-28-23(29-33-24)18-6-5-7-19(26)13-18/h5-13H,4,14H2,1-3H3,(H,27,31). The van der Waals surface area contributed by atoms with E-state index < -0.39 is 0 Å². The van der Waals surface area contributed by atoms with Crippen molar-refractivity contribution in [1.29, 1.82) is 0 Å². The number of rotatable bonds is 6. The van der Waals surface area contributed by atoms with Crippen LogP contribution in [0.3, 0.4) is 0 Å². The maximum Gasteiger partial charge on any atom is 0.264 e. The fraction of sp³-hybridized carbons (Fsp3) is 0.200. The molecule has 0 saturated carbocycles. The first-order valence-electron chi connectivity index (χ1n) is 10.6. The molecule has 33 heavy (non-hydrogen) atoms. The smallest absolute Gasteiger partial charge is 0.264 e. The Kier molecular flexibility index (Phi) is 6.42. The highest BCUT2D eigenvalue weighted by Crippen LogP contribution is 2.24. The molecule has 4 rings (SSSR count). The molecule has 1 amide bonds. The van der Waals surface area contributed by atoms with Crippen LogP contribution in [0.25, 0.3) is 22.8 Å². The van der Waals surface area contributed by atoms with E-state index in [1.54, 1.807) is 38.1 Å². The van der Waals surface area contributed by atoms with Gasteiger partial charge in [0.05, 0.1) is 0 Å². The Morgan fingerprint density at radius 3 is 2.58 bits per heavy atom. The van der Waals surface area contributed by atoms with Crippen molar-refractivity contribution in [1.82, 2.24) is 14.7 Å². The molecule has 7 nitrogen and oxygen atoms in total. The summed E-state index contributed by atoms with van der Waals surface area (Å²) in [5.41, 5.74) is 3.78. The number of nitrogens with zero attached hydrogens (tertiary/aromatic N) is 3. The lowest BCUT2D eigenvalue weighted by atomic mass is 10.1. The molecule has 0 saturated heterocycles. The number of amides is 1. The van der Waals surface area contributed by atoms with Gasteiger partial charge in [0.15, 0.2) is 0 Å². The van der Waals surface area contributed by atoms with Crippen LogP contribution in [-0.2, 0) is 17.8 Å². The van der Waals surface area contributed by atoms with Crippen LogP contribution >= 0.6 is 11.6 Å². The molecule has 0 aliphatic carbocycles. The van der Waals surface area contributed by atoms with Gasteiger partial charge in [-0.25, -0.2) is 0 Å². The lowest BCUT2D eigenvalue weighted by Crippen LogP contribution is -2.30. The number of carbonyl (C=O) groups excluding carboxylic acids is 1. The van der Waals surface area contributed by atoms with E-state index in [0.717, 1.165) is 6.42 Å². The monoisotopic (exact) mass is 462 g/mol. The second-order valence-electron chi connectivity index (χ2n) is 7.77. The van der Waals surface area contributed by atoms with Crippen LogP contribution in [0.2, 0.25) is 5.02 Å². The highest BCUT2D eigenvalue weighted by atomic mass is 35.5. The van der Waals surface area contributed by atoms with Gasteiger partial charge in [-0.1, -0.05) is 47.9 Å². The lowest BCUT2D eigenvalue weighted by Gasteiger charge is -2.13. The Labute approximate surface area is 196 Å². The minimum atomic E-state index is -0.370. The molecular weight excluding hydrogens is 440 g/mol. The number of aryl methyl sites for hydroxylation is 3. The quantitative estimate of drug-likeness (QED) is 0.433. The van der Waals surface area contributed by atoms with E-state index in [0.29, 0.717) is 33.4 Å². The summed E-state index contributed by atoms with van der Waals surface area (Å²) in [5, 5.41) is 7.38. The second-order valence-corrected chi connectivity index (χ2v) is 8.20. The van der Waals surface area contributed by atoms with Crippen LogP contribution in [0.1, 0.15) is 23.7 Å². The summed E-state index contributed by atoms with van der Waals surface area (Å²) in [7, 11) is 0. The van der Waals surface area contributed by atoms with Gasteiger partial charge in [0.25, 0.3) is 11.4 Å². The fourth-order valence-electron chi connectivity index (χ4n) is 3.62. The van der Waals surface area contributed by atoms with Crippen molar-refractivity contribution in [3.8, 4) is 22.8 Å². The summed E-state index contributed by atoms with van der Waals surface area (Å²) < 4.78 is 6.81. The summed E-state index contributed by atoms with van der Waals surface area (Å²) in [4.78, 5) is 30.4. The molecular formula is C25H23ClN4O3. The first kappa shape index (κ1) is 22.5. The Morgan fingerprint density at radius 2 is 1.88 bits per heavy atom. The maximum absolute atomic E-state index is 13.3. The number of anilines is 1. The zero-order valence-electron chi connectivity index (χ0n) is 18.6. The van der Waals surface area contributed by atoms with Crippen LogP contribution in [0, 0.1) is 13.8 Å². The molecule has 0 radical (unpaired) electrons. The Hall–Kier alpha value is -3.71. The molecule has 168 valence electrons. The van der Waals surface area contributed by atoms with E-state index in [-0.39, 0.29) is 29.5 Å². The van der Waals surface area contributed by atoms with Gasteiger partial charge in [-0.05, 0) is 61.7 Å². The predicted molar refractivity (Wildman–Crippen MR) is 128 cm³/mol. The summed E-state index contributed by atoms with van der Waals surface area (Å²) in [6.45, 7) is 5.52. The van der Waals surface area contributed by atoms with Crippen molar-refractivity contribution < 1.29 is 9.32 Å². The largest absolute Gasteiger partial charge is 0.333 e. The molecule has 0 aliphatic heterocycles. The van der Waals surface area contributed by atoms with Gasteiger partial charge in [0, 0.05) is 22.0 Å². The highest BCUT2D eigenvalue weighted by Gasteiger charge is 2.20. The lowest BCUT2D eigenvalue weighted by molar-refractivity contribution is -0.116. The van der Waals surface area contributed by atoms with E-state index in [4.69, 9.17) is 16.1 Å². The molecule has 1 N–H and O–H groups in total. The molecule has 0 atom stereocenters. The van der Waals surface area contributed by atoms with Gasteiger partial charge < -0.3 is 14.4 Å². The highest BCUT2D eigenvalue weighted by molar-refractivity contribution is 6.30. The predicted octanol–water partition coefficient (Wildman–Crippen LogP) is 5.04. The molecule has 0 spiro atoms. The zero-order valence-corrected chi connectivity index (χ0v) is 19.3. The fourth-order valence-corrected chi connectivity index (χ4v) is 3.81. The van der Waals surface area contributed by atoms with Crippen LogP contribution in [0.4, 0.5) is 5.69 Å². The van der Waals surface area contributed by atoms with Gasteiger partial charge in [-0.15, -0.1) is 0 Å². The van der Waals surface area contributed by atoms with Gasteiger partial charge >= 0.3 is 0 Å². The number of pyridine rings is 1.